The highest BCUT2D eigenvalue weighted by molar-refractivity contribution is 14.0. The Balaban J connectivity index is 0.00000288. The van der Waals surface area contributed by atoms with Gasteiger partial charge in [0.2, 0.25) is 5.91 Å². The number of pyridine rings is 1. The lowest BCUT2D eigenvalue weighted by molar-refractivity contribution is -0.115. The molecule has 1 atom stereocenters. The quantitative estimate of drug-likeness (QED) is 0.353. The molecule has 130 valence electrons. The van der Waals surface area contributed by atoms with Crippen LogP contribution >= 0.6 is 35.3 Å². The SMILES string of the molecule is CN=C(NCC(=O)Nc1cccnc1)NCC(C)c1ccsc1.I. The summed E-state index contributed by atoms with van der Waals surface area (Å²) in [5.41, 5.74) is 1.97. The van der Waals surface area contributed by atoms with Crippen molar-refractivity contribution in [1.29, 1.82) is 0 Å². The van der Waals surface area contributed by atoms with Crippen LogP contribution in [0.5, 0.6) is 0 Å². The zero-order valence-corrected chi connectivity index (χ0v) is 16.8. The molecule has 0 spiro atoms. The number of rotatable bonds is 6. The first-order valence-corrected chi connectivity index (χ1v) is 8.30. The van der Waals surface area contributed by atoms with E-state index in [0.717, 1.165) is 6.54 Å². The van der Waals surface area contributed by atoms with E-state index >= 15 is 0 Å². The van der Waals surface area contributed by atoms with Gasteiger partial charge >= 0.3 is 0 Å². The number of carbonyl (C=O) groups is 1. The molecular weight excluding hydrogens is 437 g/mol. The molecule has 0 saturated heterocycles. The number of carbonyl (C=O) groups excluding carboxylic acids is 1. The summed E-state index contributed by atoms with van der Waals surface area (Å²) >= 11 is 1.69. The van der Waals surface area contributed by atoms with Crippen molar-refractivity contribution in [3.63, 3.8) is 0 Å². The number of hydrogen-bond donors (Lipinski definition) is 3. The number of nitrogens with one attached hydrogen (secondary N) is 3. The maximum atomic E-state index is 11.9. The van der Waals surface area contributed by atoms with E-state index in [1.807, 2.05) is 0 Å². The molecule has 1 unspecified atom stereocenters. The van der Waals surface area contributed by atoms with Gasteiger partial charge in [-0.05, 0) is 40.4 Å². The smallest absolute Gasteiger partial charge is 0.243 e. The Kier molecular flexibility index (Phi) is 9.31. The van der Waals surface area contributed by atoms with Crippen molar-refractivity contribution in [2.24, 2.45) is 4.99 Å². The molecule has 3 N–H and O–H groups in total. The second kappa shape index (κ2) is 11.0. The predicted molar refractivity (Wildman–Crippen MR) is 110 cm³/mol. The van der Waals surface area contributed by atoms with E-state index in [9.17, 15) is 4.79 Å². The van der Waals surface area contributed by atoms with Gasteiger partial charge in [0.15, 0.2) is 5.96 Å². The lowest BCUT2D eigenvalue weighted by Crippen LogP contribution is -2.42. The average Bonchev–Trinajstić information content (AvgIpc) is 3.10. The van der Waals surface area contributed by atoms with Crippen molar-refractivity contribution >= 4 is 52.9 Å². The standard InChI is InChI=1S/C16H21N5OS.HI/c1-12(13-5-7-23-11-13)8-19-16(17-2)20-10-15(22)21-14-4-3-6-18-9-14;/h3-7,9,11-12H,8,10H2,1-2H3,(H,21,22)(H2,17,19,20);1H. The second-order valence-electron chi connectivity index (χ2n) is 5.05. The zero-order chi connectivity index (χ0) is 16.5. The summed E-state index contributed by atoms with van der Waals surface area (Å²) in [7, 11) is 1.68. The first-order chi connectivity index (χ1) is 11.2. The number of halogens is 1. The minimum atomic E-state index is -0.146. The van der Waals surface area contributed by atoms with E-state index in [2.05, 4.69) is 49.7 Å². The summed E-state index contributed by atoms with van der Waals surface area (Å²) in [6, 6.07) is 5.68. The van der Waals surface area contributed by atoms with Gasteiger partial charge in [-0.2, -0.15) is 11.3 Å². The Labute approximate surface area is 163 Å². The first kappa shape index (κ1) is 20.4. The highest BCUT2D eigenvalue weighted by atomic mass is 127. The molecule has 0 aliphatic heterocycles. The fourth-order valence-corrected chi connectivity index (χ4v) is 2.73. The van der Waals surface area contributed by atoms with Crippen LogP contribution in [0.1, 0.15) is 18.4 Å². The molecule has 2 aromatic rings. The third-order valence-electron chi connectivity index (χ3n) is 3.27. The Morgan fingerprint density at radius 2 is 2.21 bits per heavy atom. The van der Waals surface area contributed by atoms with Crippen LogP contribution in [-0.4, -0.2) is 37.0 Å². The first-order valence-electron chi connectivity index (χ1n) is 7.35. The van der Waals surface area contributed by atoms with Gasteiger partial charge in [-0.15, -0.1) is 24.0 Å². The molecule has 0 aliphatic carbocycles. The van der Waals surface area contributed by atoms with Crippen LogP contribution in [0.2, 0.25) is 0 Å². The van der Waals surface area contributed by atoms with Crippen LogP contribution in [0.3, 0.4) is 0 Å². The van der Waals surface area contributed by atoms with E-state index < -0.39 is 0 Å². The molecule has 24 heavy (non-hydrogen) atoms. The molecule has 2 heterocycles. The third kappa shape index (κ3) is 6.83. The summed E-state index contributed by atoms with van der Waals surface area (Å²) in [5, 5.41) is 13.2. The molecule has 1 amide bonds. The molecule has 8 heteroatoms. The Morgan fingerprint density at radius 3 is 2.83 bits per heavy atom. The van der Waals surface area contributed by atoms with Crippen LogP contribution in [0.15, 0.2) is 46.3 Å². The minimum Gasteiger partial charge on any atom is -0.356 e. The number of anilines is 1. The summed E-state index contributed by atoms with van der Waals surface area (Å²) in [4.78, 5) is 20.0. The number of nitrogens with zero attached hydrogens (tertiary/aromatic N) is 2. The molecule has 0 saturated carbocycles. The van der Waals surface area contributed by atoms with Gasteiger partial charge in [-0.25, -0.2) is 0 Å². The lowest BCUT2D eigenvalue weighted by Gasteiger charge is -2.15. The second-order valence-corrected chi connectivity index (χ2v) is 5.83. The maximum Gasteiger partial charge on any atom is 0.243 e. The minimum absolute atomic E-state index is 0. The summed E-state index contributed by atoms with van der Waals surface area (Å²) in [5.74, 6) is 0.837. The van der Waals surface area contributed by atoms with Crippen molar-refractivity contribution in [3.8, 4) is 0 Å². The normalized spacial score (nSPS) is 12.0. The van der Waals surface area contributed by atoms with E-state index in [-0.39, 0.29) is 36.4 Å². The third-order valence-corrected chi connectivity index (χ3v) is 3.97. The number of hydrogen-bond acceptors (Lipinski definition) is 4. The molecule has 2 rings (SSSR count). The number of thiophene rings is 1. The molecule has 0 radical (unpaired) electrons. The van der Waals surface area contributed by atoms with Gasteiger partial charge in [0.25, 0.3) is 0 Å². The van der Waals surface area contributed by atoms with Crippen LogP contribution in [0.25, 0.3) is 0 Å². The van der Waals surface area contributed by atoms with Crippen LogP contribution < -0.4 is 16.0 Å². The fourth-order valence-electron chi connectivity index (χ4n) is 1.95. The van der Waals surface area contributed by atoms with Gasteiger partial charge < -0.3 is 16.0 Å². The molecule has 0 aromatic carbocycles. The molecule has 6 nitrogen and oxygen atoms in total. The topological polar surface area (TPSA) is 78.4 Å². The monoisotopic (exact) mass is 459 g/mol. The molecule has 0 aliphatic rings. The van der Waals surface area contributed by atoms with Crippen molar-refractivity contribution in [2.75, 3.05) is 25.5 Å². The van der Waals surface area contributed by atoms with Gasteiger partial charge in [-0.1, -0.05) is 6.92 Å². The van der Waals surface area contributed by atoms with Crippen LogP contribution in [-0.2, 0) is 4.79 Å². The maximum absolute atomic E-state index is 11.9. The number of aliphatic imine (C=N–C) groups is 1. The van der Waals surface area contributed by atoms with Crippen molar-refractivity contribution < 1.29 is 4.79 Å². The van der Waals surface area contributed by atoms with Crippen LogP contribution in [0, 0.1) is 0 Å². The molecular formula is C16H22IN5OS. The Morgan fingerprint density at radius 1 is 1.38 bits per heavy atom. The predicted octanol–water partition coefficient (Wildman–Crippen LogP) is 2.67. The summed E-state index contributed by atoms with van der Waals surface area (Å²) < 4.78 is 0. The average molecular weight is 459 g/mol. The Hall–Kier alpha value is -1.68. The van der Waals surface area contributed by atoms with Gasteiger partial charge in [0.05, 0.1) is 18.4 Å². The number of aromatic nitrogens is 1. The van der Waals surface area contributed by atoms with Crippen molar-refractivity contribution in [1.82, 2.24) is 15.6 Å². The van der Waals surface area contributed by atoms with Gasteiger partial charge in [-0.3, -0.25) is 14.8 Å². The highest BCUT2D eigenvalue weighted by Gasteiger charge is 2.08. The van der Waals surface area contributed by atoms with Crippen molar-refractivity contribution in [2.45, 2.75) is 12.8 Å². The van der Waals surface area contributed by atoms with E-state index in [1.165, 1.54) is 5.56 Å². The Bertz CT molecular complexity index is 633. The molecule has 2 aromatic heterocycles. The van der Waals surface area contributed by atoms with E-state index in [4.69, 9.17) is 0 Å². The largest absolute Gasteiger partial charge is 0.356 e. The fraction of sp³-hybridized carbons (Fsp3) is 0.312. The lowest BCUT2D eigenvalue weighted by atomic mass is 10.1. The highest BCUT2D eigenvalue weighted by Crippen LogP contribution is 2.16. The van der Waals surface area contributed by atoms with Gasteiger partial charge in [0, 0.05) is 19.8 Å². The number of guanidine groups is 1. The van der Waals surface area contributed by atoms with E-state index in [1.54, 1.807) is 42.9 Å². The zero-order valence-electron chi connectivity index (χ0n) is 13.7. The number of amides is 1. The molecule has 0 fully saturated rings. The van der Waals surface area contributed by atoms with E-state index in [0.29, 0.717) is 17.6 Å². The van der Waals surface area contributed by atoms with Crippen LogP contribution in [0.4, 0.5) is 5.69 Å². The molecule has 0 bridgehead atoms. The van der Waals surface area contributed by atoms with Crippen molar-refractivity contribution in [3.05, 3.63) is 46.9 Å². The summed E-state index contributed by atoms with van der Waals surface area (Å²) in [6.45, 7) is 3.04. The summed E-state index contributed by atoms with van der Waals surface area (Å²) in [6.07, 6.45) is 3.27. The van der Waals surface area contributed by atoms with Gasteiger partial charge in [0.1, 0.15) is 0 Å².